The Morgan fingerprint density at radius 1 is 0.964 bits per heavy atom. The Balaban J connectivity index is 1.47. The molecule has 3 aliphatic rings. The maximum atomic E-state index is 12.8. The predicted molar refractivity (Wildman–Crippen MR) is 103 cm³/mol. The third kappa shape index (κ3) is 4.64. The van der Waals surface area contributed by atoms with Gasteiger partial charge in [-0.3, -0.25) is 19.7 Å². The number of rotatable bonds is 4. The second-order valence-corrected chi connectivity index (χ2v) is 8.24. The summed E-state index contributed by atoms with van der Waals surface area (Å²) in [6.45, 7) is 5.73. The van der Waals surface area contributed by atoms with Gasteiger partial charge in [-0.15, -0.1) is 0 Å². The number of carbonyl (C=O) groups is 3. The lowest BCUT2D eigenvalue weighted by Crippen LogP contribution is -2.54. The number of carbonyl (C=O) groups excluding carboxylic acids is 3. The molecule has 0 atom stereocenters. The first-order valence-electron chi connectivity index (χ1n) is 10.4. The Kier molecular flexibility index (Phi) is 6.55. The summed E-state index contributed by atoms with van der Waals surface area (Å²) in [6, 6.07) is 2.37. The van der Waals surface area contributed by atoms with Gasteiger partial charge < -0.3 is 14.7 Å². The van der Waals surface area contributed by atoms with E-state index in [1.807, 2.05) is 9.80 Å². The Morgan fingerprint density at radius 3 is 2.07 bits per heavy atom. The van der Waals surface area contributed by atoms with E-state index in [1.54, 1.807) is 11.8 Å². The minimum Gasteiger partial charge on any atom is -0.342 e. The number of piperazine rings is 1. The molecule has 0 aromatic rings. The quantitative estimate of drug-likeness (QED) is 0.748. The van der Waals surface area contributed by atoms with Crippen LogP contribution in [0, 0.1) is 17.2 Å². The van der Waals surface area contributed by atoms with Crippen LogP contribution in [0.3, 0.4) is 0 Å². The van der Waals surface area contributed by atoms with Gasteiger partial charge in [0.2, 0.25) is 17.7 Å². The zero-order valence-corrected chi connectivity index (χ0v) is 16.8. The minimum absolute atomic E-state index is 0.0538. The summed E-state index contributed by atoms with van der Waals surface area (Å²) in [6.07, 6.45) is 4.59. The average molecular weight is 390 g/mol. The lowest BCUT2D eigenvalue weighted by Gasteiger charge is -2.39. The lowest BCUT2D eigenvalue weighted by molar-refractivity contribution is -0.142. The molecule has 0 spiro atoms. The Morgan fingerprint density at radius 2 is 1.54 bits per heavy atom. The molecule has 8 heteroatoms. The van der Waals surface area contributed by atoms with Gasteiger partial charge in [0.1, 0.15) is 5.54 Å². The normalized spacial score (nSPS) is 28.1. The highest BCUT2D eigenvalue weighted by Crippen LogP contribution is 2.33. The van der Waals surface area contributed by atoms with Gasteiger partial charge in [0.15, 0.2) is 0 Å². The molecule has 1 N–H and O–H groups in total. The van der Waals surface area contributed by atoms with Gasteiger partial charge in [0, 0.05) is 52.1 Å². The van der Waals surface area contributed by atoms with Crippen molar-refractivity contribution in [3.8, 4) is 6.07 Å². The van der Waals surface area contributed by atoms with Gasteiger partial charge in [-0.2, -0.15) is 5.26 Å². The number of nitrogens with one attached hydrogen (secondary N) is 1. The van der Waals surface area contributed by atoms with Crippen LogP contribution in [0.5, 0.6) is 0 Å². The SMILES string of the molecule is CC(=O)N1CCN(C(=O)C2CCC(C#N)(NCC(=O)N3CCCC3)CC2)CC1. The molecule has 3 amide bonds. The van der Waals surface area contributed by atoms with E-state index in [4.69, 9.17) is 0 Å². The third-order valence-corrected chi connectivity index (χ3v) is 6.48. The second kappa shape index (κ2) is 8.91. The van der Waals surface area contributed by atoms with Crippen LogP contribution >= 0.6 is 0 Å². The maximum absolute atomic E-state index is 12.8. The second-order valence-electron chi connectivity index (χ2n) is 8.24. The molecule has 2 heterocycles. The molecule has 3 rings (SSSR count). The highest BCUT2D eigenvalue weighted by molar-refractivity contribution is 5.80. The highest BCUT2D eigenvalue weighted by atomic mass is 16.2. The molecule has 1 aliphatic carbocycles. The van der Waals surface area contributed by atoms with Crippen LogP contribution in [0.1, 0.15) is 45.4 Å². The molecular formula is C20H31N5O3. The first-order chi connectivity index (χ1) is 13.4. The molecule has 0 unspecified atom stereocenters. The van der Waals surface area contributed by atoms with E-state index >= 15 is 0 Å². The summed E-state index contributed by atoms with van der Waals surface area (Å²) in [4.78, 5) is 42.0. The van der Waals surface area contributed by atoms with Crippen LogP contribution in [0.25, 0.3) is 0 Å². The molecule has 2 aliphatic heterocycles. The van der Waals surface area contributed by atoms with Gasteiger partial charge in [0.25, 0.3) is 0 Å². The third-order valence-electron chi connectivity index (χ3n) is 6.48. The fourth-order valence-electron chi connectivity index (χ4n) is 4.51. The number of amides is 3. The van der Waals surface area contributed by atoms with E-state index in [-0.39, 0.29) is 30.2 Å². The van der Waals surface area contributed by atoms with Crippen LogP contribution in [-0.2, 0) is 14.4 Å². The van der Waals surface area contributed by atoms with Crippen LogP contribution in [0.4, 0.5) is 0 Å². The van der Waals surface area contributed by atoms with E-state index in [1.165, 1.54) is 0 Å². The molecule has 0 bridgehead atoms. The molecule has 3 fully saturated rings. The van der Waals surface area contributed by atoms with Gasteiger partial charge in [-0.25, -0.2) is 0 Å². The van der Waals surface area contributed by atoms with Gasteiger partial charge >= 0.3 is 0 Å². The first-order valence-corrected chi connectivity index (χ1v) is 10.4. The zero-order valence-electron chi connectivity index (χ0n) is 16.8. The predicted octanol–water partition coefficient (Wildman–Crippen LogP) is 0.342. The molecule has 2 saturated heterocycles. The monoisotopic (exact) mass is 389 g/mol. The summed E-state index contributed by atoms with van der Waals surface area (Å²) >= 11 is 0. The largest absolute Gasteiger partial charge is 0.342 e. The highest BCUT2D eigenvalue weighted by Gasteiger charge is 2.39. The summed E-state index contributed by atoms with van der Waals surface area (Å²) < 4.78 is 0. The van der Waals surface area contributed by atoms with Crippen molar-refractivity contribution in [2.45, 2.75) is 51.0 Å². The van der Waals surface area contributed by atoms with Crippen molar-refractivity contribution in [2.24, 2.45) is 5.92 Å². The van der Waals surface area contributed by atoms with Crippen LogP contribution < -0.4 is 5.32 Å². The van der Waals surface area contributed by atoms with Crippen molar-refractivity contribution in [1.82, 2.24) is 20.0 Å². The average Bonchev–Trinajstić information content (AvgIpc) is 3.27. The van der Waals surface area contributed by atoms with Crippen LogP contribution in [0.15, 0.2) is 0 Å². The summed E-state index contributed by atoms with van der Waals surface area (Å²) in [5.41, 5.74) is -0.709. The Bertz CT molecular complexity index is 637. The Labute approximate surface area is 166 Å². The van der Waals surface area contributed by atoms with Crippen molar-refractivity contribution in [3.05, 3.63) is 0 Å². The van der Waals surface area contributed by atoms with E-state index in [0.29, 0.717) is 51.9 Å². The summed E-state index contributed by atoms with van der Waals surface area (Å²) in [7, 11) is 0. The van der Waals surface area contributed by atoms with Crippen LogP contribution in [-0.4, -0.2) is 83.8 Å². The molecule has 154 valence electrons. The van der Waals surface area contributed by atoms with Crippen molar-refractivity contribution in [1.29, 1.82) is 5.26 Å². The number of hydrogen-bond acceptors (Lipinski definition) is 5. The van der Waals surface area contributed by atoms with E-state index < -0.39 is 5.54 Å². The summed E-state index contributed by atoms with van der Waals surface area (Å²) in [5, 5.41) is 12.9. The Hall–Kier alpha value is -2.14. The number of likely N-dealkylation sites (tertiary alicyclic amines) is 1. The molecule has 0 aromatic carbocycles. The van der Waals surface area contributed by atoms with E-state index in [2.05, 4.69) is 11.4 Å². The zero-order chi connectivity index (χ0) is 20.1. The van der Waals surface area contributed by atoms with Gasteiger partial charge in [-0.05, 0) is 38.5 Å². The van der Waals surface area contributed by atoms with Crippen molar-refractivity contribution in [2.75, 3.05) is 45.8 Å². The molecule has 1 saturated carbocycles. The lowest BCUT2D eigenvalue weighted by atomic mass is 9.76. The summed E-state index contributed by atoms with van der Waals surface area (Å²) in [5.74, 6) is 0.191. The van der Waals surface area contributed by atoms with Crippen molar-refractivity contribution < 1.29 is 14.4 Å². The number of nitrogens with zero attached hydrogens (tertiary/aromatic N) is 4. The van der Waals surface area contributed by atoms with E-state index in [0.717, 1.165) is 25.9 Å². The van der Waals surface area contributed by atoms with Crippen molar-refractivity contribution >= 4 is 17.7 Å². The molecule has 28 heavy (non-hydrogen) atoms. The van der Waals surface area contributed by atoms with Gasteiger partial charge in [-0.1, -0.05) is 0 Å². The maximum Gasteiger partial charge on any atom is 0.236 e. The van der Waals surface area contributed by atoms with Gasteiger partial charge in [0.05, 0.1) is 12.6 Å². The molecule has 0 aromatic heterocycles. The fourth-order valence-corrected chi connectivity index (χ4v) is 4.51. The molecule has 8 nitrogen and oxygen atoms in total. The molecular weight excluding hydrogens is 358 g/mol. The van der Waals surface area contributed by atoms with Crippen LogP contribution in [0.2, 0.25) is 0 Å². The molecule has 0 radical (unpaired) electrons. The van der Waals surface area contributed by atoms with E-state index in [9.17, 15) is 19.6 Å². The van der Waals surface area contributed by atoms with Crippen molar-refractivity contribution in [3.63, 3.8) is 0 Å². The first kappa shape index (κ1) is 20.6. The topological polar surface area (TPSA) is 96.7 Å². The number of nitriles is 1. The smallest absolute Gasteiger partial charge is 0.236 e. The minimum atomic E-state index is -0.709. The number of hydrogen-bond donors (Lipinski definition) is 1. The fraction of sp³-hybridized carbons (Fsp3) is 0.800. The standard InChI is InChI=1S/C20H31N5O3/c1-16(26)23-10-12-25(13-11-23)19(28)17-4-6-20(15-21,7-5-17)22-14-18(27)24-8-2-3-9-24/h17,22H,2-14H2,1H3.